The lowest BCUT2D eigenvalue weighted by atomic mass is 9.73. The molecule has 3 atom stereocenters. The molecule has 0 heterocycles. The van der Waals surface area contributed by atoms with Crippen molar-refractivity contribution in [2.45, 2.75) is 23.2 Å². The quantitative estimate of drug-likeness (QED) is 0.403. The fourth-order valence-electron chi connectivity index (χ4n) is 4.53. The fraction of sp³-hybridized carbons (Fsp3) is 0.280. The summed E-state index contributed by atoms with van der Waals surface area (Å²) < 4.78 is 50.6. The van der Waals surface area contributed by atoms with Crippen LogP contribution in [0, 0.1) is 5.82 Å². The van der Waals surface area contributed by atoms with E-state index in [1.54, 1.807) is 18.2 Å². The SMILES string of the molecule is COc1ccc([C@@H](Cc2ccccc2)C(c2ccccc2F)(C(O)CN)S(N)(=O)=O)cc1OC. The van der Waals surface area contributed by atoms with Crippen molar-refractivity contribution in [3.8, 4) is 11.5 Å². The molecule has 0 aliphatic heterocycles. The molecule has 182 valence electrons. The molecule has 0 saturated carbocycles. The summed E-state index contributed by atoms with van der Waals surface area (Å²) in [6.45, 7) is -0.469. The third kappa shape index (κ3) is 4.65. The standard InChI is InChI=1S/C25H29FN2O5S/c1-32-22-13-12-18(15-23(22)33-2)20(14-17-8-4-3-5-9-17)25(24(29)16-27,34(28,30)31)19-10-6-7-11-21(19)26/h3-13,15,20,24,29H,14,16,27H2,1-2H3,(H2,28,30,31)/t20-,24?,25?/m1/s1. The summed E-state index contributed by atoms with van der Waals surface area (Å²) in [6.07, 6.45) is -1.61. The first-order chi connectivity index (χ1) is 16.2. The van der Waals surface area contributed by atoms with Gasteiger partial charge in [0.1, 0.15) is 10.6 Å². The van der Waals surface area contributed by atoms with Gasteiger partial charge in [-0.1, -0.05) is 54.6 Å². The number of halogens is 1. The van der Waals surface area contributed by atoms with E-state index in [1.165, 1.54) is 32.4 Å². The lowest BCUT2D eigenvalue weighted by Gasteiger charge is -2.43. The molecule has 2 unspecified atom stereocenters. The number of hydrogen-bond donors (Lipinski definition) is 3. The number of nitrogens with two attached hydrogens (primary N) is 2. The first-order valence-corrected chi connectivity index (χ1v) is 12.2. The van der Waals surface area contributed by atoms with E-state index in [4.69, 9.17) is 20.3 Å². The lowest BCUT2D eigenvalue weighted by Crippen LogP contribution is -2.57. The van der Waals surface area contributed by atoms with E-state index in [1.807, 2.05) is 30.3 Å². The molecule has 3 rings (SSSR count). The molecular formula is C25H29FN2O5S. The van der Waals surface area contributed by atoms with Crippen LogP contribution in [0.15, 0.2) is 72.8 Å². The molecule has 0 spiro atoms. The minimum atomic E-state index is -4.66. The van der Waals surface area contributed by atoms with Crippen molar-refractivity contribution in [2.75, 3.05) is 20.8 Å². The number of sulfonamides is 1. The monoisotopic (exact) mass is 488 g/mol. The van der Waals surface area contributed by atoms with Crippen LogP contribution in [0.5, 0.6) is 11.5 Å². The Balaban J connectivity index is 2.42. The van der Waals surface area contributed by atoms with Crippen LogP contribution in [0.1, 0.15) is 22.6 Å². The maximum Gasteiger partial charge on any atom is 0.222 e. The van der Waals surface area contributed by atoms with E-state index >= 15 is 4.39 Å². The molecule has 3 aromatic rings. The van der Waals surface area contributed by atoms with E-state index in [9.17, 15) is 13.5 Å². The zero-order valence-corrected chi connectivity index (χ0v) is 19.8. The summed E-state index contributed by atoms with van der Waals surface area (Å²) in [7, 11) is -1.73. The van der Waals surface area contributed by atoms with Crippen LogP contribution in [0.4, 0.5) is 4.39 Å². The average Bonchev–Trinajstić information content (AvgIpc) is 2.83. The van der Waals surface area contributed by atoms with Crippen LogP contribution in [0.25, 0.3) is 0 Å². The number of rotatable bonds is 10. The van der Waals surface area contributed by atoms with Crippen molar-refractivity contribution in [3.05, 3.63) is 95.3 Å². The maximum atomic E-state index is 15.3. The Bertz CT molecular complexity index is 1220. The molecule has 5 N–H and O–H groups in total. The Morgan fingerprint density at radius 3 is 2.15 bits per heavy atom. The van der Waals surface area contributed by atoms with Crippen LogP contribution in [0.2, 0.25) is 0 Å². The normalized spacial score (nSPS) is 15.2. The van der Waals surface area contributed by atoms with Gasteiger partial charge in [-0.05, 0) is 35.7 Å². The van der Waals surface area contributed by atoms with Crippen molar-refractivity contribution in [2.24, 2.45) is 10.9 Å². The van der Waals surface area contributed by atoms with Crippen LogP contribution in [0.3, 0.4) is 0 Å². The highest BCUT2D eigenvalue weighted by Gasteiger charge is 2.56. The summed E-state index contributed by atoms with van der Waals surface area (Å²) in [4.78, 5) is 0. The van der Waals surface area contributed by atoms with Gasteiger partial charge < -0.3 is 20.3 Å². The third-order valence-electron chi connectivity index (χ3n) is 6.09. The molecule has 7 nitrogen and oxygen atoms in total. The topological polar surface area (TPSA) is 125 Å². The number of primary sulfonamides is 1. The number of methoxy groups -OCH3 is 2. The second kappa shape index (κ2) is 10.5. The fourth-order valence-corrected chi connectivity index (χ4v) is 6.09. The van der Waals surface area contributed by atoms with Gasteiger partial charge in [0.05, 0.1) is 20.3 Å². The molecule has 0 aliphatic rings. The summed E-state index contributed by atoms with van der Waals surface area (Å²) in [5.74, 6) is -1.09. The smallest absolute Gasteiger partial charge is 0.222 e. The summed E-state index contributed by atoms with van der Waals surface area (Å²) in [5, 5.41) is 17.1. The number of ether oxygens (including phenoxy) is 2. The first kappa shape index (κ1) is 25.6. The Labute approximate surface area is 199 Å². The highest BCUT2D eigenvalue weighted by molar-refractivity contribution is 7.90. The zero-order valence-electron chi connectivity index (χ0n) is 19.0. The van der Waals surface area contributed by atoms with Crippen LogP contribution in [-0.2, 0) is 21.2 Å². The first-order valence-electron chi connectivity index (χ1n) is 10.6. The minimum absolute atomic E-state index is 0.109. The maximum absolute atomic E-state index is 15.3. The van der Waals surface area contributed by atoms with E-state index in [-0.39, 0.29) is 12.0 Å². The van der Waals surface area contributed by atoms with Gasteiger partial charge >= 0.3 is 0 Å². The van der Waals surface area contributed by atoms with Gasteiger partial charge in [0.15, 0.2) is 11.5 Å². The Kier molecular flexibility index (Phi) is 7.93. The van der Waals surface area contributed by atoms with Crippen LogP contribution in [-0.4, -0.2) is 40.4 Å². The molecule has 0 radical (unpaired) electrons. The summed E-state index contributed by atoms with van der Waals surface area (Å²) in [6, 6.07) is 19.3. The van der Waals surface area contributed by atoms with Gasteiger partial charge in [-0.3, -0.25) is 0 Å². The minimum Gasteiger partial charge on any atom is -0.493 e. The Morgan fingerprint density at radius 1 is 0.971 bits per heavy atom. The van der Waals surface area contributed by atoms with Gasteiger partial charge in [-0.2, -0.15) is 0 Å². The lowest BCUT2D eigenvalue weighted by molar-refractivity contribution is 0.111. The summed E-state index contributed by atoms with van der Waals surface area (Å²) >= 11 is 0. The average molecular weight is 489 g/mol. The van der Waals surface area contributed by atoms with E-state index in [2.05, 4.69) is 0 Å². The molecule has 0 aromatic heterocycles. The molecule has 9 heteroatoms. The Morgan fingerprint density at radius 2 is 1.59 bits per heavy atom. The van der Waals surface area contributed by atoms with Crippen molar-refractivity contribution in [3.63, 3.8) is 0 Å². The van der Waals surface area contributed by atoms with Gasteiger partial charge in [0, 0.05) is 18.0 Å². The number of benzene rings is 3. The number of aliphatic hydroxyl groups excluding tert-OH is 1. The third-order valence-corrected chi connectivity index (χ3v) is 7.81. The second-order valence-corrected chi connectivity index (χ2v) is 9.69. The van der Waals surface area contributed by atoms with Crippen molar-refractivity contribution < 1.29 is 27.4 Å². The number of aliphatic hydroxyl groups is 1. The van der Waals surface area contributed by atoms with Crippen LogP contribution >= 0.6 is 0 Å². The predicted octanol–water partition coefficient (Wildman–Crippen LogP) is 2.67. The molecule has 0 saturated heterocycles. The molecule has 34 heavy (non-hydrogen) atoms. The zero-order chi connectivity index (χ0) is 24.9. The molecule has 0 amide bonds. The van der Waals surface area contributed by atoms with Crippen molar-refractivity contribution >= 4 is 10.0 Å². The molecule has 0 fully saturated rings. The summed E-state index contributed by atoms with van der Waals surface area (Å²) in [5.41, 5.74) is 6.77. The van der Waals surface area contributed by atoms with E-state index in [0.717, 1.165) is 11.6 Å². The van der Waals surface area contributed by atoms with Gasteiger partial charge in [0.2, 0.25) is 10.0 Å². The van der Waals surface area contributed by atoms with Gasteiger partial charge in [-0.15, -0.1) is 0 Å². The van der Waals surface area contributed by atoms with Gasteiger partial charge in [0.25, 0.3) is 0 Å². The van der Waals surface area contributed by atoms with E-state index in [0.29, 0.717) is 17.1 Å². The van der Waals surface area contributed by atoms with Crippen LogP contribution < -0.4 is 20.3 Å². The van der Waals surface area contributed by atoms with Crippen molar-refractivity contribution in [1.29, 1.82) is 0 Å². The number of hydrogen-bond acceptors (Lipinski definition) is 6. The highest BCUT2D eigenvalue weighted by atomic mass is 32.2. The van der Waals surface area contributed by atoms with E-state index < -0.39 is 39.2 Å². The van der Waals surface area contributed by atoms with Gasteiger partial charge in [-0.25, -0.2) is 17.9 Å². The highest BCUT2D eigenvalue weighted by Crippen LogP contribution is 2.49. The molecular weight excluding hydrogens is 459 g/mol. The molecule has 0 bridgehead atoms. The van der Waals surface area contributed by atoms with Crippen molar-refractivity contribution in [1.82, 2.24) is 0 Å². The largest absolute Gasteiger partial charge is 0.493 e. The predicted molar refractivity (Wildman–Crippen MR) is 129 cm³/mol. The molecule has 3 aromatic carbocycles. The second-order valence-electron chi connectivity index (χ2n) is 7.93. The Hall–Kier alpha value is -2.98. The molecule has 0 aliphatic carbocycles.